The van der Waals surface area contributed by atoms with Crippen molar-refractivity contribution in [2.75, 3.05) is 11.9 Å². The van der Waals surface area contributed by atoms with Crippen LogP contribution in [0.3, 0.4) is 0 Å². The normalized spacial score (nSPS) is 11.5. The first-order valence-corrected chi connectivity index (χ1v) is 6.84. The van der Waals surface area contributed by atoms with Crippen LogP contribution in [0, 0.1) is 10.1 Å². The average molecular weight is 300 g/mol. The van der Waals surface area contributed by atoms with Crippen LogP contribution in [0.5, 0.6) is 0 Å². The maximum atomic E-state index is 12.1. The van der Waals surface area contributed by atoms with Crippen molar-refractivity contribution in [3.05, 3.63) is 70.3 Å². The van der Waals surface area contributed by atoms with Crippen molar-refractivity contribution in [1.82, 2.24) is 0 Å². The summed E-state index contributed by atoms with van der Waals surface area (Å²) in [7, 11) is 0. The molecule has 0 spiro atoms. The molecule has 2 aromatic rings. The molecule has 0 amide bonds. The van der Waals surface area contributed by atoms with Gasteiger partial charge in [-0.25, -0.2) is 4.79 Å². The van der Waals surface area contributed by atoms with Crippen LogP contribution in [0.2, 0.25) is 0 Å². The van der Waals surface area contributed by atoms with Gasteiger partial charge in [-0.05, 0) is 24.6 Å². The molecule has 0 unspecified atom stereocenters. The van der Waals surface area contributed by atoms with Crippen molar-refractivity contribution in [2.45, 2.75) is 13.0 Å². The summed E-state index contributed by atoms with van der Waals surface area (Å²) in [6.45, 7) is 2.02. The van der Waals surface area contributed by atoms with Crippen LogP contribution in [0.4, 0.5) is 11.4 Å². The zero-order valence-electron chi connectivity index (χ0n) is 12.1. The first-order chi connectivity index (χ1) is 10.6. The van der Waals surface area contributed by atoms with E-state index in [0.717, 1.165) is 5.56 Å². The molecule has 2 aromatic carbocycles. The van der Waals surface area contributed by atoms with Crippen LogP contribution in [-0.2, 0) is 9.53 Å². The number of carbonyl (C=O) groups is 1. The SMILES string of the molecule is CCOC(=O)[C@H](Nc1ccc([N+](=O)[O-])cc1)c1ccccc1. The molecule has 22 heavy (non-hydrogen) atoms. The van der Waals surface area contributed by atoms with Gasteiger partial charge in [-0.3, -0.25) is 10.1 Å². The minimum absolute atomic E-state index is 0.00190. The van der Waals surface area contributed by atoms with E-state index in [-0.39, 0.29) is 12.3 Å². The fraction of sp³-hybridized carbons (Fsp3) is 0.188. The van der Waals surface area contributed by atoms with Crippen molar-refractivity contribution in [2.24, 2.45) is 0 Å². The topological polar surface area (TPSA) is 81.5 Å². The summed E-state index contributed by atoms with van der Waals surface area (Å²) in [4.78, 5) is 22.3. The van der Waals surface area contributed by atoms with Gasteiger partial charge in [0.05, 0.1) is 11.5 Å². The Balaban J connectivity index is 2.22. The number of anilines is 1. The fourth-order valence-corrected chi connectivity index (χ4v) is 2.00. The van der Waals surface area contributed by atoms with Crippen LogP contribution >= 0.6 is 0 Å². The highest BCUT2D eigenvalue weighted by Crippen LogP contribution is 2.23. The van der Waals surface area contributed by atoms with Gasteiger partial charge in [0.1, 0.15) is 0 Å². The minimum atomic E-state index is -0.664. The number of nitro benzene ring substituents is 1. The Morgan fingerprint density at radius 2 is 1.82 bits per heavy atom. The van der Waals surface area contributed by atoms with Gasteiger partial charge in [0.15, 0.2) is 6.04 Å². The number of rotatable bonds is 6. The fourth-order valence-electron chi connectivity index (χ4n) is 2.00. The predicted molar refractivity (Wildman–Crippen MR) is 82.5 cm³/mol. The lowest BCUT2D eigenvalue weighted by Gasteiger charge is -2.18. The summed E-state index contributed by atoms with van der Waals surface area (Å²) in [6.07, 6.45) is 0. The third-order valence-corrected chi connectivity index (χ3v) is 3.04. The van der Waals surface area contributed by atoms with Crippen molar-refractivity contribution in [3.8, 4) is 0 Å². The highest BCUT2D eigenvalue weighted by Gasteiger charge is 2.21. The van der Waals surface area contributed by atoms with E-state index in [1.54, 1.807) is 19.1 Å². The summed E-state index contributed by atoms with van der Waals surface area (Å²) < 4.78 is 5.08. The van der Waals surface area contributed by atoms with Crippen LogP contribution in [0.1, 0.15) is 18.5 Å². The minimum Gasteiger partial charge on any atom is -0.464 e. The number of ether oxygens (including phenoxy) is 1. The van der Waals surface area contributed by atoms with Crippen molar-refractivity contribution in [1.29, 1.82) is 0 Å². The lowest BCUT2D eigenvalue weighted by atomic mass is 10.1. The maximum absolute atomic E-state index is 12.1. The summed E-state index contributed by atoms with van der Waals surface area (Å²) in [6, 6.07) is 14.4. The Labute approximate surface area is 127 Å². The van der Waals surface area contributed by atoms with E-state index in [1.807, 2.05) is 30.3 Å². The van der Waals surface area contributed by atoms with Crippen LogP contribution < -0.4 is 5.32 Å². The average Bonchev–Trinajstić information content (AvgIpc) is 2.54. The van der Waals surface area contributed by atoms with Crippen molar-refractivity contribution < 1.29 is 14.5 Å². The second-order valence-electron chi connectivity index (χ2n) is 4.54. The molecule has 0 saturated heterocycles. The van der Waals surface area contributed by atoms with E-state index < -0.39 is 16.9 Å². The van der Waals surface area contributed by atoms with E-state index in [9.17, 15) is 14.9 Å². The van der Waals surface area contributed by atoms with Gasteiger partial charge in [-0.2, -0.15) is 0 Å². The van der Waals surface area contributed by atoms with E-state index in [1.165, 1.54) is 12.1 Å². The molecule has 0 heterocycles. The molecule has 1 N–H and O–H groups in total. The number of benzene rings is 2. The number of non-ortho nitro benzene ring substituents is 1. The van der Waals surface area contributed by atoms with Crippen LogP contribution in [-0.4, -0.2) is 17.5 Å². The number of carbonyl (C=O) groups excluding carboxylic acids is 1. The molecule has 0 bridgehead atoms. The lowest BCUT2D eigenvalue weighted by molar-refractivity contribution is -0.384. The quantitative estimate of drug-likeness (QED) is 0.503. The molecule has 0 aliphatic heterocycles. The highest BCUT2D eigenvalue weighted by molar-refractivity contribution is 5.81. The largest absolute Gasteiger partial charge is 0.464 e. The number of esters is 1. The Hall–Kier alpha value is -2.89. The predicted octanol–water partition coefficient (Wildman–Crippen LogP) is 3.31. The summed E-state index contributed by atoms with van der Waals surface area (Å²) in [5.41, 5.74) is 1.37. The lowest BCUT2D eigenvalue weighted by Crippen LogP contribution is -2.23. The number of hydrogen-bond donors (Lipinski definition) is 1. The van der Waals surface area contributed by atoms with Crippen LogP contribution in [0.25, 0.3) is 0 Å². The van der Waals surface area contributed by atoms with E-state index in [0.29, 0.717) is 5.69 Å². The highest BCUT2D eigenvalue weighted by atomic mass is 16.6. The summed E-state index contributed by atoms with van der Waals surface area (Å²) in [5.74, 6) is -0.396. The number of nitro groups is 1. The van der Waals surface area contributed by atoms with Crippen molar-refractivity contribution in [3.63, 3.8) is 0 Å². The third kappa shape index (κ3) is 3.82. The van der Waals surface area contributed by atoms with Gasteiger partial charge in [-0.15, -0.1) is 0 Å². The molecule has 0 radical (unpaired) electrons. The maximum Gasteiger partial charge on any atom is 0.333 e. The molecular formula is C16H16N2O4. The smallest absolute Gasteiger partial charge is 0.333 e. The Morgan fingerprint density at radius 3 is 2.36 bits per heavy atom. The second kappa shape index (κ2) is 7.21. The monoisotopic (exact) mass is 300 g/mol. The summed E-state index contributed by atoms with van der Waals surface area (Å²) >= 11 is 0. The molecule has 0 fully saturated rings. The molecular weight excluding hydrogens is 284 g/mol. The Bertz CT molecular complexity index is 641. The molecule has 1 atom stereocenters. The number of hydrogen-bond acceptors (Lipinski definition) is 5. The first kappa shape index (κ1) is 15.5. The van der Waals surface area contributed by atoms with Gasteiger partial charge >= 0.3 is 5.97 Å². The van der Waals surface area contributed by atoms with Gasteiger partial charge < -0.3 is 10.1 Å². The molecule has 0 saturated carbocycles. The second-order valence-corrected chi connectivity index (χ2v) is 4.54. The number of nitrogens with zero attached hydrogens (tertiary/aromatic N) is 1. The standard InChI is InChI=1S/C16H16N2O4/c1-2-22-16(19)15(12-6-4-3-5-7-12)17-13-8-10-14(11-9-13)18(20)21/h3-11,15,17H,2H2,1H3/t15-/m1/s1. The molecule has 6 nitrogen and oxygen atoms in total. The molecule has 6 heteroatoms. The third-order valence-electron chi connectivity index (χ3n) is 3.04. The zero-order valence-corrected chi connectivity index (χ0v) is 12.1. The van der Waals surface area contributed by atoms with Gasteiger partial charge in [0.25, 0.3) is 5.69 Å². The van der Waals surface area contributed by atoms with E-state index >= 15 is 0 Å². The molecule has 114 valence electrons. The van der Waals surface area contributed by atoms with E-state index in [2.05, 4.69) is 5.32 Å². The zero-order chi connectivity index (χ0) is 15.9. The first-order valence-electron chi connectivity index (χ1n) is 6.84. The van der Waals surface area contributed by atoms with Crippen LogP contribution in [0.15, 0.2) is 54.6 Å². The van der Waals surface area contributed by atoms with Gasteiger partial charge in [0, 0.05) is 17.8 Å². The molecule has 0 aromatic heterocycles. The molecule has 0 aliphatic rings. The molecule has 2 rings (SSSR count). The molecule has 0 aliphatic carbocycles. The van der Waals surface area contributed by atoms with Gasteiger partial charge in [-0.1, -0.05) is 30.3 Å². The van der Waals surface area contributed by atoms with Crippen molar-refractivity contribution >= 4 is 17.3 Å². The van der Waals surface area contributed by atoms with Gasteiger partial charge in [0.2, 0.25) is 0 Å². The Morgan fingerprint density at radius 1 is 1.18 bits per heavy atom. The summed E-state index contributed by atoms with van der Waals surface area (Å²) in [5, 5.41) is 13.7. The number of nitrogens with one attached hydrogen (secondary N) is 1. The Kier molecular flexibility index (Phi) is 5.08. The van der Waals surface area contributed by atoms with E-state index in [4.69, 9.17) is 4.74 Å².